The van der Waals surface area contributed by atoms with Gasteiger partial charge in [0.25, 0.3) is 0 Å². The number of carbonyl (C=O) groups excluding carboxylic acids is 3. The summed E-state index contributed by atoms with van der Waals surface area (Å²) in [6, 6.07) is -0.454. The highest BCUT2D eigenvalue weighted by Gasteiger charge is 2.55. The third kappa shape index (κ3) is 8.48. The number of ether oxygens (including phenoxy) is 5. The molecule has 5 unspecified atom stereocenters. The van der Waals surface area contributed by atoms with Gasteiger partial charge in [0.15, 0.2) is 17.7 Å². The topological polar surface area (TPSA) is 157 Å². The normalized spacial score (nSPS) is 44.2. The van der Waals surface area contributed by atoms with E-state index in [2.05, 4.69) is 22.9 Å². The Balaban J connectivity index is 1.67. The largest absolute Gasteiger partial charge is 0.458 e. The number of cyclic esters (lactones) is 1. The van der Waals surface area contributed by atoms with E-state index >= 15 is 0 Å². The van der Waals surface area contributed by atoms with E-state index in [0.717, 1.165) is 12.8 Å². The first kappa shape index (κ1) is 37.9. The van der Waals surface area contributed by atoms with Gasteiger partial charge in [0.2, 0.25) is 0 Å². The molecule has 1 amide bonds. The average molecular weight is 669 g/mol. The summed E-state index contributed by atoms with van der Waals surface area (Å²) in [6.45, 7) is 14.0. The minimum atomic E-state index is -1.15. The van der Waals surface area contributed by atoms with Crippen LogP contribution >= 0.6 is 0 Å². The van der Waals surface area contributed by atoms with Gasteiger partial charge >= 0.3 is 12.1 Å². The second kappa shape index (κ2) is 15.3. The van der Waals surface area contributed by atoms with Crippen molar-refractivity contribution in [3.8, 4) is 0 Å². The highest BCUT2D eigenvalue weighted by atomic mass is 16.7. The quantitative estimate of drug-likeness (QED) is 0.221. The Kier molecular flexibility index (Phi) is 12.4. The summed E-state index contributed by atoms with van der Waals surface area (Å²) in [7, 11) is 5.44. The summed E-state index contributed by atoms with van der Waals surface area (Å²) in [4.78, 5) is 42.3. The van der Waals surface area contributed by atoms with Gasteiger partial charge in [-0.05, 0) is 86.4 Å². The molecule has 0 aromatic carbocycles. The van der Waals surface area contributed by atoms with Crippen LogP contribution in [0.5, 0.6) is 0 Å². The van der Waals surface area contributed by atoms with E-state index in [1.807, 2.05) is 39.8 Å². The zero-order chi connectivity index (χ0) is 34.8. The molecular weight excluding hydrogens is 608 g/mol. The number of rotatable bonds is 8. The number of aliphatic hydroxyl groups excluding tert-OH is 1. The third-order valence-electron chi connectivity index (χ3n) is 10.9. The number of ketones is 1. The molecule has 13 heteroatoms. The van der Waals surface area contributed by atoms with Gasteiger partial charge < -0.3 is 49.6 Å². The third-order valence-corrected chi connectivity index (χ3v) is 10.9. The number of nitrogens with zero attached hydrogens (tertiary/aromatic N) is 1. The molecule has 0 spiro atoms. The average Bonchev–Trinajstić information content (AvgIpc) is 3.80. The second-order valence-corrected chi connectivity index (χ2v) is 15.1. The van der Waals surface area contributed by atoms with Gasteiger partial charge in [-0.1, -0.05) is 20.8 Å². The monoisotopic (exact) mass is 668 g/mol. The maximum Gasteiger partial charge on any atom is 0.408 e. The van der Waals surface area contributed by atoms with Crippen LogP contribution in [0.25, 0.3) is 0 Å². The van der Waals surface area contributed by atoms with Crippen LogP contribution < -0.4 is 16.0 Å². The van der Waals surface area contributed by atoms with Gasteiger partial charge in [-0.3, -0.25) is 9.59 Å². The molecule has 0 radical (unpaired) electrons. The highest BCUT2D eigenvalue weighted by Crippen LogP contribution is 2.38. The fourth-order valence-corrected chi connectivity index (χ4v) is 7.74. The van der Waals surface area contributed by atoms with Gasteiger partial charge in [0.1, 0.15) is 18.1 Å². The number of likely N-dealkylation sites (N-methyl/N-ethyl adjacent to an activating group) is 1. The molecule has 3 aliphatic heterocycles. The minimum absolute atomic E-state index is 0.0321. The Morgan fingerprint density at radius 2 is 1.79 bits per heavy atom. The molecule has 47 heavy (non-hydrogen) atoms. The van der Waals surface area contributed by atoms with Crippen LogP contribution in [0.2, 0.25) is 0 Å². The summed E-state index contributed by atoms with van der Waals surface area (Å²) < 4.78 is 31.1. The lowest BCUT2D eigenvalue weighted by Crippen LogP contribution is -2.60. The first-order chi connectivity index (χ1) is 22.0. The molecule has 1 aliphatic carbocycles. The predicted molar refractivity (Wildman–Crippen MR) is 175 cm³/mol. The summed E-state index contributed by atoms with van der Waals surface area (Å²) >= 11 is 0. The Morgan fingerprint density at radius 3 is 2.38 bits per heavy atom. The number of esters is 1. The van der Waals surface area contributed by atoms with Gasteiger partial charge in [-0.2, -0.15) is 0 Å². The van der Waals surface area contributed by atoms with E-state index in [4.69, 9.17) is 23.7 Å². The molecule has 13 nitrogen and oxygen atoms in total. The van der Waals surface area contributed by atoms with E-state index in [-0.39, 0.29) is 29.9 Å². The molecule has 4 aliphatic rings. The molecule has 0 bridgehead atoms. The molecule has 4 fully saturated rings. The van der Waals surface area contributed by atoms with Crippen molar-refractivity contribution in [2.24, 2.45) is 17.8 Å². The number of Topliss-reactive ketones (excluding diaryl/α,β-unsaturated/α-hetero) is 1. The Hall–Kier alpha value is -1.87. The van der Waals surface area contributed by atoms with Crippen LogP contribution in [0, 0.1) is 17.8 Å². The first-order valence-electron chi connectivity index (χ1n) is 17.5. The minimum Gasteiger partial charge on any atom is -0.458 e. The molecule has 13 atom stereocenters. The number of hydrogen-bond donors (Lipinski definition) is 4. The van der Waals surface area contributed by atoms with Crippen LogP contribution in [-0.4, -0.2) is 128 Å². The lowest BCUT2D eigenvalue weighted by atomic mass is 9.78. The zero-order valence-electron chi connectivity index (χ0n) is 30.0. The Bertz CT molecular complexity index is 1110. The van der Waals surface area contributed by atoms with Crippen molar-refractivity contribution >= 4 is 17.8 Å². The van der Waals surface area contributed by atoms with E-state index in [1.54, 1.807) is 21.0 Å². The van der Waals surface area contributed by atoms with Gasteiger partial charge in [0, 0.05) is 37.7 Å². The molecule has 4 N–H and O–H groups in total. The van der Waals surface area contributed by atoms with Gasteiger partial charge in [-0.15, -0.1) is 0 Å². The van der Waals surface area contributed by atoms with Crippen molar-refractivity contribution in [3.05, 3.63) is 0 Å². The summed E-state index contributed by atoms with van der Waals surface area (Å²) in [5.74, 6) is -3.02. The number of amides is 1. The number of carbonyl (C=O) groups is 3. The van der Waals surface area contributed by atoms with Crippen LogP contribution in [0.3, 0.4) is 0 Å². The fourth-order valence-electron chi connectivity index (χ4n) is 7.74. The highest BCUT2D eigenvalue weighted by molar-refractivity contribution is 6.00. The lowest BCUT2D eigenvalue weighted by Gasteiger charge is -2.47. The zero-order valence-corrected chi connectivity index (χ0v) is 30.0. The Morgan fingerprint density at radius 1 is 1.11 bits per heavy atom. The number of alkyl carbamates (subject to hydrolysis) is 1. The van der Waals surface area contributed by atoms with Crippen molar-refractivity contribution < 1.29 is 43.2 Å². The standard InChI is InChI=1S/C34H60N4O9/c1-11-25-34(7)28(37-32(42)47-34)21(5)35-16-18(2)15-33(6,43-10)29(19(3)26(39)20(4)30(41)45-25)46-31-27(40)24(38(8)9)14-23(44-31)17-36-22-12-13-22/h18-25,27-29,31,35-36,40H,11-17H2,1-10H3,(H,37,42)/t18-,19+,20?,21-,23?,24?,25-,27?,28-,29-,31?,33-,34-/m1/s1. The van der Waals surface area contributed by atoms with E-state index in [9.17, 15) is 19.5 Å². The second-order valence-electron chi connectivity index (χ2n) is 15.1. The van der Waals surface area contributed by atoms with Crippen molar-refractivity contribution in [1.29, 1.82) is 0 Å². The maximum atomic E-state index is 14.2. The summed E-state index contributed by atoms with van der Waals surface area (Å²) in [5, 5.41) is 21.5. The fraction of sp³-hybridized carbons (Fsp3) is 0.912. The predicted octanol–water partition coefficient (Wildman–Crippen LogP) is 1.98. The van der Waals surface area contributed by atoms with Crippen molar-refractivity contribution in [2.45, 2.75) is 147 Å². The molecule has 3 saturated heterocycles. The van der Waals surface area contributed by atoms with E-state index < -0.39 is 65.7 Å². The van der Waals surface area contributed by atoms with E-state index in [1.165, 1.54) is 6.92 Å². The molecule has 3 heterocycles. The molecule has 270 valence electrons. The number of aliphatic hydroxyl groups is 1. The first-order valence-corrected chi connectivity index (χ1v) is 17.5. The van der Waals surface area contributed by atoms with Crippen LogP contribution in [0.4, 0.5) is 4.79 Å². The molecule has 4 rings (SSSR count). The molecule has 0 aromatic heterocycles. The SMILES string of the molecule is CC[C@H]1OC(=O)C(C)C(=O)[C@H](C)[C@@H](OC2OC(CNC3CC3)CC(N(C)C)C2O)[C@](C)(OC)C[C@@H](C)CN[C@H](C)[C@H]2NC(=O)O[C@@]21C. The van der Waals surface area contributed by atoms with Crippen LogP contribution in [-0.2, 0) is 33.3 Å². The van der Waals surface area contributed by atoms with Crippen LogP contribution in [0.1, 0.15) is 80.6 Å². The molecule has 1 saturated carbocycles. The molecule has 0 aromatic rings. The van der Waals surface area contributed by atoms with Crippen molar-refractivity contribution in [3.63, 3.8) is 0 Å². The Labute approximate surface area is 280 Å². The maximum absolute atomic E-state index is 14.2. The summed E-state index contributed by atoms with van der Waals surface area (Å²) in [5.41, 5.74) is -2.16. The number of methoxy groups -OCH3 is 1. The van der Waals surface area contributed by atoms with Crippen LogP contribution in [0.15, 0.2) is 0 Å². The van der Waals surface area contributed by atoms with E-state index in [0.29, 0.717) is 38.4 Å². The number of nitrogens with one attached hydrogen (secondary N) is 3. The van der Waals surface area contributed by atoms with Crippen molar-refractivity contribution in [2.75, 3.05) is 34.3 Å². The smallest absolute Gasteiger partial charge is 0.408 e. The van der Waals surface area contributed by atoms with Gasteiger partial charge in [0.05, 0.1) is 23.9 Å². The van der Waals surface area contributed by atoms with Gasteiger partial charge in [-0.25, -0.2) is 4.79 Å². The number of hydrogen-bond acceptors (Lipinski definition) is 12. The number of fused-ring (bicyclic) bond motifs is 1. The van der Waals surface area contributed by atoms with Crippen molar-refractivity contribution in [1.82, 2.24) is 20.9 Å². The lowest BCUT2D eigenvalue weighted by molar-refractivity contribution is -0.297. The summed E-state index contributed by atoms with van der Waals surface area (Å²) in [6.07, 6.45) is -0.672. The molecular formula is C34H60N4O9.